The summed E-state index contributed by atoms with van der Waals surface area (Å²) >= 11 is 5.25. The molecule has 4 heteroatoms. The predicted molar refractivity (Wildman–Crippen MR) is 44.8 cm³/mol. The maximum Gasteiger partial charge on any atom is 0.336 e. The SMILES string of the molecule is CCC1=NN(C(=O)Cl)CC1C. The van der Waals surface area contributed by atoms with E-state index in [1.165, 1.54) is 5.01 Å². The standard InChI is InChI=1S/C7H11ClN2O/c1-3-6-5(2)4-10(9-6)7(8)11/h5H,3-4H2,1-2H3. The Morgan fingerprint density at radius 2 is 2.55 bits per heavy atom. The van der Waals surface area contributed by atoms with E-state index in [-0.39, 0.29) is 0 Å². The predicted octanol–water partition coefficient (Wildman–Crippen LogP) is 2.06. The normalized spacial score (nSPS) is 23.7. The molecule has 62 valence electrons. The molecule has 0 spiro atoms. The molecular weight excluding hydrogens is 164 g/mol. The average molecular weight is 175 g/mol. The van der Waals surface area contributed by atoms with Gasteiger partial charge in [0.15, 0.2) is 0 Å². The van der Waals surface area contributed by atoms with Crippen molar-refractivity contribution in [3.63, 3.8) is 0 Å². The van der Waals surface area contributed by atoms with Crippen molar-refractivity contribution in [3.05, 3.63) is 0 Å². The molecule has 1 heterocycles. The zero-order valence-electron chi connectivity index (χ0n) is 6.67. The summed E-state index contributed by atoms with van der Waals surface area (Å²) in [5.41, 5.74) is 1.05. The first kappa shape index (κ1) is 8.53. The first-order valence-electron chi connectivity index (χ1n) is 3.69. The maximum atomic E-state index is 10.6. The molecule has 0 fully saturated rings. The molecule has 1 aliphatic rings. The molecule has 1 aliphatic heterocycles. The number of hydrogen-bond acceptors (Lipinski definition) is 2. The summed E-state index contributed by atoms with van der Waals surface area (Å²) in [7, 11) is 0. The molecule has 0 N–H and O–H groups in total. The number of carbonyl (C=O) groups is 1. The molecular formula is C7H11ClN2O. The highest BCUT2D eigenvalue weighted by molar-refractivity contribution is 6.62. The zero-order valence-corrected chi connectivity index (χ0v) is 7.43. The second-order valence-electron chi connectivity index (χ2n) is 2.68. The van der Waals surface area contributed by atoms with Crippen molar-refractivity contribution in [2.45, 2.75) is 20.3 Å². The summed E-state index contributed by atoms with van der Waals surface area (Å²) in [5, 5.41) is 4.88. The van der Waals surface area contributed by atoms with Crippen LogP contribution in [0.25, 0.3) is 0 Å². The van der Waals surface area contributed by atoms with Crippen LogP contribution in [0, 0.1) is 5.92 Å². The lowest BCUT2D eigenvalue weighted by atomic mass is 10.1. The summed E-state index contributed by atoms with van der Waals surface area (Å²) in [6.45, 7) is 4.70. The largest absolute Gasteiger partial charge is 0.336 e. The maximum absolute atomic E-state index is 10.6. The Kier molecular flexibility index (Phi) is 2.49. The minimum absolute atomic E-state index is 0.364. The number of nitrogens with zero attached hydrogens (tertiary/aromatic N) is 2. The third-order valence-corrected chi connectivity index (χ3v) is 2.03. The van der Waals surface area contributed by atoms with Crippen LogP contribution in [0.2, 0.25) is 0 Å². The van der Waals surface area contributed by atoms with E-state index in [1.54, 1.807) is 0 Å². The molecule has 1 rings (SSSR count). The molecule has 0 aromatic carbocycles. The number of hydrogen-bond donors (Lipinski definition) is 0. The van der Waals surface area contributed by atoms with Crippen LogP contribution in [0.15, 0.2) is 5.10 Å². The summed E-state index contributed by atoms with van der Waals surface area (Å²) in [6, 6.07) is 0. The van der Waals surface area contributed by atoms with Gasteiger partial charge in [0.2, 0.25) is 0 Å². The number of amides is 1. The van der Waals surface area contributed by atoms with Gasteiger partial charge in [0.25, 0.3) is 0 Å². The van der Waals surface area contributed by atoms with Crippen molar-refractivity contribution in [1.82, 2.24) is 5.01 Å². The monoisotopic (exact) mass is 174 g/mol. The zero-order chi connectivity index (χ0) is 8.43. The van der Waals surface area contributed by atoms with Crippen LogP contribution in [-0.4, -0.2) is 22.6 Å². The molecule has 0 aromatic heterocycles. The Labute approximate surface area is 71.0 Å². The Morgan fingerprint density at radius 1 is 1.91 bits per heavy atom. The number of rotatable bonds is 1. The molecule has 11 heavy (non-hydrogen) atoms. The fourth-order valence-corrected chi connectivity index (χ4v) is 1.30. The van der Waals surface area contributed by atoms with Gasteiger partial charge in [-0.2, -0.15) is 5.10 Å². The number of carbonyl (C=O) groups excluding carboxylic acids is 1. The van der Waals surface area contributed by atoms with E-state index in [2.05, 4.69) is 5.10 Å². The van der Waals surface area contributed by atoms with Gasteiger partial charge in [-0.25, -0.2) is 5.01 Å². The molecule has 0 bridgehead atoms. The summed E-state index contributed by atoms with van der Waals surface area (Å²) in [5.74, 6) is 0.364. The van der Waals surface area contributed by atoms with Crippen molar-refractivity contribution < 1.29 is 4.79 Å². The Balaban J connectivity index is 2.66. The van der Waals surface area contributed by atoms with E-state index in [4.69, 9.17) is 11.6 Å². The van der Waals surface area contributed by atoms with Crippen LogP contribution in [0.4, 0.5) is 4.79 Å². The summed E-state index contributed by atoms with van der Waals surface area (Å²) in [4.78, 5) is 10.6. The topological polar surface area (TPSA) is 32.7 Å². The van der Waals surface area contributed by atoms with E-state index in [0.717, 1.165) is 12.1 Å². The van der Waals surface area contributed by atoms with Gasteiger partial charge in [-0.05, 0) is 18.0 Å². The van der Waals surface area contributed by atoms with Crippen LogP contribution in [0.1, 0.15) is 20.3 Å². The third kappa shape index (κ3) is 1.71. The average Bonchev–Trinajstić information content (AvgIpc) is 2.31. The molecule has 1 atom stereocenters. The van der Waals surface area contributed by atoms with E-state index >= 15 is 0 Å². The lowest BCUT2D eigenvalue weighted by molar-refractivity contribution is 0.226. The van der Waals surface area contributed by atoms with Crippen LogP contribution in [-0.2, 0) is 0 Å². The Morgan fingerprint density at radius 3 is 2.82 bits per heavy atom. The fraction of sp³-hybridized carbons (Fsp3) is 0.714. The highest BCUT2D eigenvalue weighted by Crippen LogP contribution is 2.16. The first-order valence-corrected chi connectivity index (χ1v) is 4.07. The molecule has 0 saturated heterocycles. The third-order valence-electron chi connectivity index (χ3n) is 1.83. The second-order valence-corrected chi connectivity index (χ2v) is 3.00. The fourth-order valence-electron chi connectivity index (χ4n) is 1.19. The van der Waals surface area contributed by atoms with Crippen molar-refractivity contribution in [2.75, 3.05) is 6.54 Å². The van der Waals surface area contributed by atoms with E-state index < -0.39 is 5.37 Å². The van der Waals surface area contributed by atoms with E-state index in [1.807, 2.05) is 13.8 Å². The van der Waals surface area contributed by atoms with Gasteiger partial charge in [0.1, 0.15) is 0 Å². The van der Waals surface area contributed by atoms with Crippen molar-refractivity contribution in [1.29, 1.82) is 0 Å². The minimum Gasteiger partial charge on any atom is -0.253 e. The molecule has 0 aromatic rings. The molecule has 3 nitrogen and oxygen atoms in total. The van der Waals surface area contributed by atoms with Crippen LogP contribution in [0.5, 0.6) is 0 Å². The molecule has 0 saturated carbocycles. The molecule has 1 unspecified atom stereocenters. The smallest absolute Gasteiger partial charge is 0.253 e. The van der Waals surface area contributed by atoms with Gasteiger partial charge >= 0.3 is 5.37 Å². The van der Waals surface area contributed by atoms with Gasteiger partial charge in [0, 0.05) is 11.6 Å². The molecule has 0 radical (unpaired) electrons. The van der Waals surface area contributed by atoms with Crippen LogP contribution >= 0.6 is 11.6 Å². The molecule has 1 amide bonds. The van der Waals surface area contributed by atoms with Crippen molar-refractivity contribution >= 4 is 22.7 Å². The minimum atomic E-state index is -0.486. The quantitative estimate of drug-likeness (QED) is 0.443. The van der Waals surface area contributed by atoms with Gasteiger partial charge in [0.05, 0.1) is 6.54 Å². The first-order chi connectivity index (χ1) is 5.15. The Hall–Kier alpha value is -0.570. The highest BCUT2D eigenvalue weighted by atomic mass is 35.5. The number of hydrazone groups is 1. The molecule has 0 aliphatic carbocycles. The second kappa shape index (κ2) is 3.22. The highest BCUT2D eigenvalue weighted by Gasteiger charge is 2.24. The van der Waals surface area contributed by atoms with E-state index in [0.29, 0.717) is 12.5 Å². The van der Waals surface area contributed by atoms with Crippen LogP contribution in [0.3, 0.4) is 0 Å². The van der Waals surface area contributed by atoms with Crippen molar-refractivity contribution in [3.8, 4) is 0 Å². The lowest BCUT2D eigenvalue weighted by Gasteiger charge is -2.06. The lowest BCUT2D eigenvalue weighted by Crippen LogP contribution is -2.19. The van der Waals surface area contributed by atoms with Gasteiger partial charge < -0.3 is 0 Å². The van der Waals surface area contributed by atoms with Crippen LogP contribution < -0.4 is 0 Å². The van der Waals surface area contributed by atoms with Gasteiger partial charge in [-0.1, -0.05) is 13.8 Å². The number of halogens is 1. The van der Waals surface area contributed by atoms with Crippen molar-refractivity contribution in [2.24, 2.45) is 11.0 Å². The summed E-state index contributed by atoms with van der Waals surface area (Å²) in [6.07, 6.45) is 0.891. The Bertz CT molecular complexity index is 203. The van der Waals surface area contributed by atoms with Gasteiger partial charge in [-0.15, -0.1) is 0 Å². The summed E-state index contributed by atoms with van der Waals surface area (Å²) < 4.78 is 0. The van der Waals surface area contributed by atoms with Gasteiger partial charge in [-0.3, -0.25) is 4.79 Å². The van der Waals surface area contributed by atoms with E-state index in [9.17, 15) is 4.79 Å².